The molecule has 0 bridgehead atoms. The number of aliphatic hydroxyl groups is 1. The van der Waals surface area contributed by atoms with E-state index in [0.29, 0.717) is 0 Å². The van der Waals surface area contributed by atoms with Gasteiger partial charge in [0.2, 0.25) is 0 Å². The van der Waals surface area contributed by atoms with Gasteiger partial charge < -0.3 is 73.0 Å². The first-order valence-electron chi connectivity index (χ1n) is 4.27. The number of aliphatic carboxylic acids is 3. The molecule has 0 spiro atoms. The molecule has 0 atom stereocenters. The van der Waals surface area contributed by atoms with Crippen LogP contribution in [0.2, 0.25) is 0 Å². The van der Waals surface area contributed by atoms with E-state index in [2.05, 4.69) is 0 Å². The van der Waals surface area contributed by atoms with Crippen LogP contribution in [-0.4, -0.2) is 114 Å². The van der Waals surface area contributed by atoms with Crippen LogP contribution in [0.15, 0.2) is 0 Å². The smallest absolute Gasteiger partial charge is 0.481 e. The molecule has 0 fully saturated rings. The van der Waals surface area contributed by atoms with Crippen molar-refractivity contribution in [3.8, 4) is 0 Å². The Kier molecular flexibility index (Phi) is 47.9. The number of carbonyl (C=O) groups is 3. The maximum absolute atomic E-state index is 10.3. The Bertz CT molecular complexity index is 376. The van der Waals surface area contributed by atoms with Crippen LogP contribution in [-0.2, 0) is 14.4 Å². The maximum Gasteiger partial charge on any atom is 2.00 e. The van der Waals surface area contributed by atoms with Crippen LogP contribution in [0.1, 0.15) is 12.8 Å². The molecule has 12 N–H and O–H groups in total. The van der Waals surface area contributed by atoms with Gasteiger partial charge in [0.25, 0.3) is 0 Å². The van der Waals surface area contributed by atoms with Crippen LogP contribution in [0, 0.1) is 30.6 Å². The first-order chi connectivity index (χ1) is 9.24. The van der Waals surface area contributed by atoms with Gasteiger partial charge in [0.05, 0.1) is 23.0 Å². The largest absolute Gasteiger partial charge is 2.00 e. The molecule has 0 amide bonds. The fourth-order valence-corrected chi connectivity index (χ4v) is 0.714. The molecule has 19 nitrogen and oxygen atoms in total. The summed E-state index contributed by atoms with van der Waals surface area (Å²) in [6, 6.07) is 0. The number of hydrogen-bond donors (Lipinski definition) is 4. The summed E-state index contributed by atoms with van der Waals surface area (Å²) >= 11 is 0. The van der Waals surface area contributed by atoms with Crippen molar-refractivity contribution >= 4 is 55.6 Å². The van der Waals surface area contributed by atoms with Gasteiger partial charge in [-0.2, -0.15) is 0 Å². The number of hydrogen-bond acceptors (Lipinski definition) is 10. The van der Waals surface area contributed by atoms with Gasteiger partial charge in [-0.15, -0.1) is 0 Å². The maximum atomic E-state index is 10.3. The Morgan fingerprint density at radius 1 is 0.731 bits per heavy atom. The summed E-state index contributed by atoms with van der Waals surface area (Å²) in [6.07, 6.45) is -2.29. The van der Waals surface area contributed by atoms with Gasteiger partial charge in [-0.05, 0) is 0 Å². The number of nitrogens with zero attached hydrogens (tertiary/aromatic N) is 2. The molecule has 0 unspecified atom stereocenters. The summed E-state index contributed by atoms with van der Waals surface area (Å²) in [4.78, 5) is 47.0. The van der Waals surface area contributed by atoms with Crippen molar-refractivity contribution in [1.29, 1.82) is 0 Å². The zero-order chi connectivity index (χ0) is 17.8. The Labute approximate surface area is 171 Å². The van der Waals surface area contributed by atoms with Crippen molar-refractivity contribution in [3.05, 3.63) is 30.6 Å². The summed E-state index contributed by atoms with van der Waals surface area (Å²) < 4.78 is 0. The summed E-state index contributed by atoms with van der Waals surface area (Å²) in [5, 5.41) is 63.3. The van der Waals surface area contributed by atoms with E-state index in [9.17, 15) is 14.4 Å². The summed E-state index contributed by atoms with van der Waals surface area (Å²) in [6.45, 7) is 0. The standard InChI is InChI=1S/C6H8O7.Ca.2NO3.4H2O/c7-3(8)1-6(13,5(11)12)2-4(9)10;;2*2-1(3)4;;;;/h13H,1-2H2,(H,7,8)(H,9,10)(H,11,12);;;;4*1H2/q;+2;2*-1;;;;. The van der Waals surface area contributed by atoms with E-state index in [4.69, 9.17) is 51.1 Å². The molecule has 0 aromatic rings. The summed E-state index contributed by atoms with van der Waals surface area (Å²) in [7, 11) is 0. The average molecular weight is 428 g/mol. The van der Waals surface area contributed by atoms with Crippen LogP contribution >= 0.6 is 0 Å². The number of carboxylic acids is 3. The molecule has 0 aliphatic heterocycles. The van der Waals surface area contributed by atoms with Gasteiger partial charge in [0, 0.05) is 0 Å². The third-order valence-electron chi connectivity index (χ3n) is 1.29. The number of carboxylic acid groups (broad SMARTS) is 3. The zero-order valence-electron chi connectivity index (χ0n) is 12.5. The van der Waals surface area contributed by atoms with E-state index >= 15 is 0 Å². The fourth-order valence-electron chi connectivity index (χ4n) is 0.714. The molecule has 0 aliphatic rings. The first-order valence-corrected chi connectivity index (χ1v) is 4.27. The zero-order valence-corrected chi connectivity index (χ0v) is 14.7. The van der Waals surface area contributed by atoms with Crippen molar-refractivity contribution < 1.29 is 66.9 Å². The van der Waals surface area contributed by atoms with Crippen LogP contribution in [0.5, 0.6) is 0 Å². The van der Waals surface area contributed by atoms with Crippen LogP contribution in [0.3, 0.4) is 0 Å². The molecule has 0 aromatic heterocycles. The second-order valence-corrected chi connectivity index (χ2v) is 2.92. The Hall–Kier alpha value is -2.13. The van der Waals surface area contributed by atoms with Crippen LogP contribution in [0.4, 0.5) is 0 Å². The molecule has 20 heteroatoms. The third-order valence-corrected chi connectivity index (χ3v) is 1.29. The molecular weight excluding hydrogens is 412 g/mol. The monoisotopic (exact) mass is 428 g/mol. The molecule has 0 aromatic carbocycles. The van der Waals surface area contributed by atoms with Crippen molar-refractivity contribution in [2.24, 2.45) is 0 Å². The summed E-state index contributed by atoms with van der Waals surface area (Å²) in [5.41, 5.74) is -2.74. The Morgan fingerprint density at radius 2 is 0.885 bits per heavy atom. The van der Waals surface area contributed by atoms with Crippen molar-refractivity contribution in [2.75, 3.05) is 0 Å². The van der Waals surface area contributed by atoms with E-state index in [-0.39, 0.29) is 59.6 Å². The molecule has 0 saturated carbocycles. The van der Waals surface area contributed by atoms with Crippen molar-refractivity contribution in [2.45, 2.75) is 18.4 Å². The van der Waals surface area contributed by atoms with Gasteiger partial charge >= 0.3 is 55.6 Å². The predicted molar refractivity (Wildman–Crippen MR) is 78.0 cm³/mol. The van der Waals surface area contributed by atoms with E-state index in [1.54, 1.807) is 0 Å². The molecule has 0 saturated heterocycles. The van der Waals surface area contributed by atoms with E-state index in [1.165, 1.54) is 0 Å². The minimum Gasteiger partial charge on any atom is -0.481 e. The van der Waals surface area contributed by atoms with Gasteiger partial charge in [-0.1, -0.05) is 0 Å². The van der Waals surface area contributed by atoms with Gasteiger partial charge in [0.15, 0.2) is 5.60 Å². The SMILES string of the molecule is O.O.O.O.O=C(O)CC(O)(CC(=O)O)C(=O)O.O=[N+]([O-])[O-].O=[N+]([O-])[O-].[Ca+2]. The van der Waals surface area contributed by atoms with Crippen LogP contribution < -0.4 is 0 Å². The molecule has 154 valence electrons. The normalized spacial score (nSPS) is 7.27. The molecule has 0 aliphatic carbocycles. The van der Waals surface area contributed by atoms with Crippen molar-refractivity contribution in [1.82, 2.24) is 0 Å². The van der Waals surface area contributed by atoms with Crippen LogP contribution in [0.25, 0.3) is 0 Å². The molecule has 26 heavy (non-hydrogen) atoms. The predicted octanol–water partition coefficient (Wildman–Crippen LogP) is -5.41. The van der Waals surface area contributed by atoms with Crippen molar-refractivity contribution in [3.63, 3.8) is 0 Å². The molecular formula is C6H16CaN2O17. The van der Waals surface area contributed by atoms with Gasteiger partial charge in [-0.3, -0.25) is 9.59 Å². The van der Waals surface area contributed by atoms with Gasteiger partial charge in [0.1, 0.15) is 0 Å². The minimum absolute atomic E-state index is 0. The third kappa shape index (κ3) is 49.5. The molecule has 0 heterocycles. The Balaban J connectivity index is -0.0000000359. The van der Waals surface area contributed by atoms with E-state index in [1.807, 2.05) is 0 Å². The van der Waals surface area contributed by atoms with Gasteiger partial charge in [-0.25, -0.2) is 4.79 Å². The second-order valence-electron chi connectivity index (χ2n) is 2.92. The second kappa shape index (κ2) is 25.1. The average Bonchev–Trinajstić information content (AvgIpc) is 2.11. The van der Waals surface area contributed by atoms with E-state index in [0.717, 1.165) is 0 Å². The fraction of sp³-hybridized carbons (Fsp3) is 0.500. The Morgan fingerprint density at radius 3 is 0.962 bits per heavy atom. The topological polar surface area (TPSA) is 391 Å². The minimum atomic E-state index is -2.74. The van der Waals surface area contributed by atoms with E-state index < -0.39 is 46.5 Å². The molecule has 0 rings (SSSR count). The first kappa shape index (κ1) is 49.6. The quantitative estimate of drug-likeness (QED) is 0.180. The summed E-state index contributed by atoms with van der Waals surface area (Å²) in [5.74, 6) is -5.02. The molecule has 0 radical (unpaired) electrons. The number of rotatable bonds is 5.